The molecule has 0 aromatic heterocycles. The number of carbonyl (C=O) groups is 1. The van der Waals surface area contributed by atoms with Gasteiger partial charge in [-0.3, -0.25) is 4.79 Å². The maximum absolute atomic E-state index is 13.2. The van der Waals surface area contributed by atoms with E-state index in [-0.39, 0.29) is 18.9 Å². The lowest BCUT2D eigenvalue weighted by molar-refractivity contribution is -0.359. The lowest BCUT2D eigenvalue weighted by atomic mass is 9.97. The first-order chi connectivity index (χ1) is 40.6. The van der Waals surface area contributed by atoms with Crippen LogP contribution in [0.25, 0.3) is 0 Å². The molecule has 0 saturated carbocycles. The fraction of sp³-hybridized carbons (Fsp3) is 0.783. The van der Waals surface area contributed by atoms with E-state index in [0.29, 0.717) is 6.42 Å². The molecule has 0 bridgehead atoms. The molecular weight excluding hydrogens is 1050 g/mol. The van der Waals surface area contributed by atoms with Gasteiger partial charge in [0.25, 0.3) is 0 Å². The van der Waals surface area contributed by atoms with Gasteiger partial charge in [-0.1, -0.05) is 259 Å². The van der Waals surface area contributed by atoms with Crippen LogP contribution in [0.5, 0.6) is 0 Å². The molecule has 12 unspecified atom stereocenters. The van der Waals surface area contributed by atoms with Gasteiger partial charge in [0, 0.05) is 6.42 Å². The van der Waals surface area contributed by atoms with E-state index in [9.17, 15) is 45.6 Å². The third-order valence-corrected chi connectivity index (χ3v) is 15.8. The van der Waals surface area contributed by atoms with Crippen molar-refractivity contribution in [1.82, 2.24) is 5.32 Å². The van der Waals surface area contributed by atoms with Crippen LogP contribution in [0.2, 0.25) is 0 Å². The summed E-state index contributed by atoms with van der Waals surface area (Å²) >= 11 is 0. The van der Waals surface area contributed by atoms with Crippen molar-refractivity contribution in [2.45, 2.75) is 325 Å². The first-order valence-electron chi connectivity index (χ1n) is 33.3. The summed E-state index contributed by atoms with van der Waals surface area (Å²) < 4.78 is 22.7. The largest absolute Gasteiger partial charge is 0.394 e. The highest BCUT2D eigenvalue weighted by atomic mass is 16.7. The molecule has 0 aromatic rings. The molecule has 2 aliphatic heterocycles. The van der Waals surface area contributed by atoms with Crippen LogP contribution in [0.4, 0.5) is 0 Å². The van der Waals surface area contributed by atoms with Gasteiger partial charge in [-0.25, -0.2) is 0 Å². The molecule has 2 rings (SSSR count). The van der Waals surface area contributed by atoms with Crippen LogP contribution in [-0.4, -0.2) is 140 Å². The van der Waals surface area contributed by atoms with E-state index in [1.165, 1.54) is 148 Å². The Morgan fingerprint density at radius 2 is 0.831 bits per heavy atom. The highest BCUT2D eigenvalue weighted by Gasteiger charge is 2.51. The van der Waals surface area contributed by atoms with Crippen molar-refractivity contribution in [3.63, 3.8) is 0 Å². The van der Waals surface area contributed by atoms with E-state index in [1.807, 2.05) is 6.08 Å². The van der Waals surface area contributed by atoms with Crippen molar-refractivity contribution in [3.05, 3.63) is 85.1 Å². The van der Waals surface area contributed by atoms with Gasteiger partial charge in [0.15, 0.2) is 12.6 Å². The molecule has 9 N–H and O–H groups in total. The molecule has 0 aliphatic carbocycles. The predicted molar refractivity (Wildman–Crippen MR) is 336 cm³/mol. The number of hydrogen-bond donors (Lipinski definition) is 9. The van der Waals surface area contributed by atoms with Crippen molar-refractivity contribution in [2.24, 2.45) is 0 Å². The van der Waals surface area contributed by atoms with Gasteiger partial charge in [-0.05, 0) is 70.6 Å². The van der Waals surface area contributed by atoms with Gasteiger partial charge in [-0.2, -0.15) is 0 Å². The van der Waals surface area contributed by atoms with E-state index >= 15 is 0 Å². The number of aliphatic hydroxyl groups is 8. The summed E-state index contributed by atoms with van der Waals surface area (Å²) in [6.45, 7) is 2.66. The average molecular weight is 1170 g/mol. The number of ether oxygens (including phenoxy) is 4. The van der Waals surface area contributed by atoms with E-state index in [2.05, 4.69) is 92.1 Å². The molecular formula is C69H121NO13. The molecule has 2 heterocycles. The van der Waals surface area contributed by atoms with Gasteiger partial charge >= 0.3 is 0 Å². The number of hydrogen-bond acceptors (Lipinski definition) is 13. The Hall–Kier alpha value is -2.83. The molecule has 12 atom stereocenters. The summed E-state index contributed by atoms with van der Waals surface area (Å²) in [5, 5.41) is 87.0. The summed E-state index contributed by atoms with van der Waals surface area (Å²) in [7, 11) is 0. The summed E-state index contributed by atoms with van der Waals surface area (Å²) in [6, 6.07) is -0.914. The second-order valence-electron chi connectivity index (χ2n) is 23.2. The molecule has 2 aliphatic rings. The zero-order valence-electron chi connectivity index (χ0n) is 51.9. The number of rotatable bonds is 53. The minimum atomic E-state index is -1.79. The quantitative estimate of drug-likeness (QED) is 0.0204. The Morgan fingerprint density at radius 3 is 1.28 bits per heavy atom. The SMILES string of the molecule is CC/C=C\C/C=C\C/C=C\C/C=C\C/C=C\C/C=C\CCCCCCCCCCCCCCCCCCCCCCC(=O)NC(COC1OC(CO)C(OC2OC(CO)C(O)C(O)C2O)C(O)C1O)C(O)/C=C/CCCCCCCCCC. The van der Waals surface area contributed by atoms with Crippen LogP contribution in [0.3, 0.4) is 0 Å². The minimum absolute atomic E-state index is 0.241. The molecule has 480 valence electrons. The van der Waals surface area contributed by atoms with E-state index in [0.717, 1.165) is 77.0 Å². The predicted octanol–water partition coefficient (Wildman–Crippen LogP) is 12.8. The molecule has 2 fully saturated rings. The molecule has 0 radical (unpaired) electrons. The normalized spacial score (nSPS) is 24.4. The Labute approximate surface area is 503 Å². The molecule has 0 aromatic carbocycles. The first kappa shape index (κ1) is 76.3. The molecule has 1 amide bonds. The molecule has 83 heavy (non-hydrogen) atoms. The Kier molecular flexibility index (Phi) is 49.1. The lowest BCUT2D eigenvalue weighted by Gasteiger charge is -2.46. The van der Waals surface area contributed by atoms with E-state index in [4.69, 9.17) is 18.9 Å². The topological polar surface area (TPSA) is 228 Å². The minimum Gasteiger partial charge on any atom is -0.394 e. The average Bonchev–Trinajstić information content (AvgIpc) is 3.47. The molecule has 14 nitrogen and oxygen atoms in total. The highest BCUT2D eigenvalue weighted by Crippen LogP contribution is 2.30. The van der Waals surface area contributed by atoms with Crippen molar-refractivity contribution in [1.29, 1.82) is 0 Å². The van der Waals surface area contributed by atoms with E-state index in [1.54, 1.807) is 6.08 Å². The lowest BCUT2D eigenvalue weighted by Crippen LogP contribution is -2.65. The molecule has 14 heteroatoms. The van der Waals surface area contributed by atoms with Gasteiger partial charge < -0.3 is 65.1 Å². The van der Waals surface area contributed by atoms with Crippen LogP contribution in [-0.2, 0) is 23.7 Å². The number of aliphatic hydroxyl groups excluding tert-OH is 8. The molecule has 2 saturated heterocycles. The number of carbonyl (C=O) groups excluding carboxylic acids is 1. The second-order valence-corrected chi connectivity index (χ2v) is 23.2. The fourth-order valence-corrected chi connectivity index (χ4v) is 10.5. The zero-order chi connectivity index (χ0) is 60.2. The Morgan fingerprint density at radius 1 is 0.446 bits per heavy atom. The maximum atomic E-state index is 13.2. The summed E-state index contributed by atoms with van der Waals surface area (Å²) in [5.74, 6) is -0.241. The number of nitrogens with one attached hydrogen (secondary N) is 1. The van der Waals surface area contributed by atoms with Gasteiger partial charge in [0.1, 0.15) is 48.8 Å². The van der Waals surface area contributed by atoms with Crippen molar-refractivity contribution < 1.29 is 64.6 Å². The Balaban J connectivity index is 1.54. The van der Waals surface area contributed by atoms with Crippen molar-refractivity contribution in [2.75, 3.05) is 19.8 Å². The Bertz CT molecular complexity index is 1710. The molecule has 0 spiro atoms. The number of unbranched alkanes of at least 4 members (excludes halogenated alkanes) is 28. The monoisotopic (exact) mass is 1170 g/mol. The first-order valence-corrected chi connectivity index (χ1v) is 33.3. The maximum Gasteiger partial charge on any atom is 0.220 e. The van der Waals surface area contributed by atoms with Crippen LogP contribution in [0.15, 0.2) is 85.1 Å². The van der Waals surface area contributed by atoms with Gasteiger partial charge in [0.2, 0.25) is 5.91 Å². The third-order valence-electron chi connectivity index (χ3n) is 15.8. The smallest absolute Gasteiger partial charge is 0.220 e. The van der Waals surface area contributed by atoms with Crippen LogP contribution >= 0.6 is 0 Å². The summed E-state index contributed by atoms with van der Waals surface area (Å²) in [5.41, 5.74) is 0. The second kappa shape index (κ2) is 53.4. The fourth-order valence-electron chi connectivity index (χ4n) is 10.5. The van der Waals surface area contributed by atoms with Gasteiger partial charge in [0.05, 0.1) is 32.0 Å². The summed E-state index contributed by atoms with van der Waals surface area (Å²) in [6.07, 6.45) is 56.7. The zero-order valence-corrected chi connectivity index (χ0v) is 51.9. The van der Waals surface area contributed by atoms with Crippen molar-refractivity contribution >= 4 is 5.91 Å². The van der Waals surface area contributed by atoms with Gasteiger partial charge in [-0.15, -0.1) is 0 Å². The van der Waals surface area contributed by atoms with Crippen LogP contribution in [0, 0.1) is 0 Å². The standard InChI is InChI=1S/C69H121NO13/c1-3-5-7-9-11-13-15-16-17-18-19-20-21-22-23-24-25-26-27-28-29-30-31-32-33-34-35-36-37-38-39-40-41-42-43-45-47-49-51-53-61(74)70-57(58(73)52-50-48-46-44-14-12-10-8-6-4-2)56-80-68-66(79)64(77)67(60(55-72)82-68)83-69-65(78)63(76)62(75)59(54-71)81-69/h5,7,11,13,16-17,19-20,22-23,25-26,50,52,57-60,62-69,71-73,75-79H,3-4,6,8-10,12,14-15,18,21,24,27-49,51,53-56H2,1-2H3,(H,70,74)/b7-5-,13-11-,17-16-,20-19-,23-22-,26-25-,52-50+. The van der Waals surface area contributed by atoms with Crippen LogP contribution in [0.1, 0.15) is 251 Å². The van der Waals surface area contributed by atoms with Crippen molar-refractivity contribution in [3.8, 4) is 0 Å². The third kappa shape index (κ3) is 38.1. The highest BCUT2D eigenvalue weighted by molar-refractivity contribution is 5.76. The number of allylic oxidation sites excluding steroid dienone is 13. The van der Waals surface area contributed by atoms with Crippen LogP contribution < -0.4 is 5.32 Å². The summed E-state index contributed by atoms with van der Waals surface area (Å²) in [4.78, 5) is 13.2. The number of amides is 1. The van der Waals surface area contributed by atoms with E-state index < -0.39 is 86.8 Å².